The van der Waals surface area contributed by atoms with Crippen molar-refractivity contribution in [2.45, 2.75) is 25.0 Å². The number of hydrogen-bond donors (Lipinski definition) is 2. The monoisotopic (exact) mass is 230 g/mol. The Bertz CT molecular complexity index is 516. The minimum absolute atomic E-state index is 0.658. The second kappa shape index (κ2) is 3.98. The summed E-state index contributed by atoms with van der Waals surface area (Å²) in [6, 6.07) is 6.72. The van der Waals surface area contributed by atoms with Gasteiger partial charge in [-0.15, -0.1) is 0 Å². The molecular formula is C13H14N2S. The lowest BCUT2D eigenvalue weighted by molar-refractivity contribution is 0.912. The number of benzene rings is 1. The lowest BCUT2D eigenvalue weighted by atomic mass is 10.1. The number of imidazole rings is 1. The van der Waals surface area contributed by atoms with Crippen molar-refractivity contribution in [1.82, 2.24) is 9.97 Å². The van der Waals surface area contributed by atoms with Crippen LogP contribution in [0.2, 0.25) is 0 Å². The molecule has 16 heavy (non-hydrogen) atoms. The lowest BCUT2D eigenvalue weighted by Gasteiger charge is -2.02. The van der Waals surface area contributed by atoms with Crippen LogP contribution in [0.3, 0.4) is 0 Å². The smallest absolute Gasteiger partial charge is 0.116 e. The fourth-order valence-corrected chi connectivity index (χ4v) is 2.49. The molecule has 82 valence electrons. The zero-order chi connectivity index (χ0) is 11.0. The highest BCUT2D eigenvalue weighted by molar-refractivity contribution is 7.79. The Hall–Kier alpha value is -1.22. The number of rotatable bonds is 2. The fourth-order valence-electron chi connectivity index (χ4n) is 2.33. The summed E-state index contributed by atoms with van der Waals surface area (Å²) in [5, 5.41) is 0. The molecule has 1 aliphatic carbocycles. The van der Waals surface area contributed by atoms with E-state index in [9.17, 15) is 0 Å². The van der Waals surface area contributed by atoms with E-state index in [2.05, 4.69) is 40.8 Å². The van der Waals surface area contributed by atoms with Crippen molar-refractivity contribution in [3.63, 3.8) is 0 Å². The van der Waals surface area contributed by atoms with Gasteiger partial charge in [0.2, 0.25) is 0 Å². The molecule has 0 atom stereocenters. The largest absolute Gasteiger partial charge is 0.341 e. The minimum atomic E-state index is 0.658. The van der Waals surface area contributed by atoms with Gasteiger partial charge in [-0.1, -0.05) is 12.1 Å². The molecule has 0 radical (unpaired) electrons. The zero-order valence-electron chi connectivity index (χ0n) is 9.03. The molecule has 2 nitrogen and oxygen atoms in total. The third kappa shape index (κ3) is 1.65. The number of hydrogen-bond acceptors (Lipinski definition) is 2. The van der Waals surface area contributed by atoms with Crippen molar-refractivity contribution in [2.75, 3.05) is 0 Å². The van der Waals surface area contributed by atoms with Crippen molar-refractivity contribution in [3.8, 4) is 11.3 Å². The first-order valence-corrected chi connectivity index (χ1v) is 6.27. The summed E-state index contributed by atoms with van der Waals surface area (Å²) in [4.78, 5) is 7.56. The molecule has 1 heterocycles. The maximum absolute atomic E-state index is 4.27. The highest BCUT2D eigenvalue weighted by Crippen LogP contribution is 2.27. The molecule has 0 unspecified atom stereocenters. The van der Waals surface area contributed by atoms with E-state index >= 15 is 0 Å². The number of aryl methyl sites for hydroxylation is 2. The molecule has 1 N–H and O–H groups in total. The highest BCUT2D eigenvalue weighted by Gasteiger charge is 2.12. The van der Waals surface area contributed by atoms with E-state index in [0.29, 0.717) is 5.75 Å². The van der Waals surface area contributed by atoms with Crippen LogP contribution in [0.1, 0.15) is 23.4 Å². The number of H-pyrrole nitrogens is 1. The third-order valence-corrected chi connectivity index (χ3v) is 3.49. The molecule has 0 amide bonds. The molecule has 1 aliphatic rings. The highest BCUT2D eigenvalue weighted by atomic mass is 32.1. The Morgan fingerprint density at radius 3 is 2.94 bits per heavy atom. The Morgan fingerprint density at radius 2 is 2.12 bits per heavy atom. The summed E-state index contributed by atoms with van der Waals surface area (Å²) in [5.74, 6) is 1.59. The van der Waals surface area contributed by atoms with Crippen LogP contribution in [-0.2, 0) is 18.6 Å². The van der Waals surface area contributed by atoms with Crippen molar-refractivity contribution in [3.05, 3.63) is 41.3 Å². The van der Waals surface area contributed by atoms with E-state index < -0.39 is 0 Å². The van der Waals surface area contributed by atoms with Crippen LogP contribution in [0.5, 0.6) is 0 Å². The number of aromatic amines is 1. The van der Waals surface area contributed by atoms with Gasteiger partial charge in [-0.05, 0) is 42.0 Å². The summed E-state index contributed by atoms with van der Waals surface area (Å²) in [6.07, 6.45) is 5.64. The van der Waals surface area contributed by atoms with Crippen LogP contribution in [-0.4, -0.2) is 9.97 Å². The van der Waals surface area contributed by atoms with E-state index in [0.717, 1.165) is 11.5 Å². The predicted molar refractivity (Wildman–Crippen MR) is 68.7 cm³/mol. The summed E-state index contributed by atoms with van der Waals surface area (Å²) in [6.45, 7) is 0. The Kier molecular flexibility index (Phi) is 2.48. The van der Waals surface area contributed by atoms with Gasteiger partial charge in [-0.25, -0.2) is 4.98 Å². The quantitative estimate of drug-likeness (QED) is 0.763. The molecular weight excluding hydrogens is 216 g/mol. The summed E-state index contributed by atoms with van der Waals surface area (Å²) < 4.78 is 0. The van der Waals surface area contributed by atoms with Crippen LogP contribution in [0.4, 0.5) is 0 Å². The zero-order valence-corrected chi connectivity index (χ0v) is 9.93. The molecule has 0 bridgehead atoms. The molecule has 0 saturated heterocycles. The lowest BCUT2D eigenvalue weighted by Crippen LogP contribution is -1.85. The fraction of sp³-hybridized carbons (Fsp3) is 0.308. The molecule has 0 aliphatic heterocycles. The average Bonchev–Trinajstić information content (AvgIpc) is 2.96. The molecule has 3 heteroatoms. The van der Waals surface area contributed by atoms with Gasteiger partial charge in [0.15, 0.2) is 0 Å². The number of fused-ring (bicyclic) bond motifs is 1. The maximum Gasteiger partial charge on any atom is 0.116 e. The number of thiol groups is 1. The molecule has 2 aromatic rings. The van der Waals surface area contributed by atoms with E-state index in [1.807, 2.05) is 6.20 Å². The predicted octanol–water partition coefficient (Wildman–Crippen LogP) is 3.00. The average molecular weight is 230 g/mol. The Balaban J connectivity index is 2.00. The van der Waals surface area contributed by atoms with Crippen LogP contribution in [0.25, 0.3) is 11.3 Å². The van der Waals surface area contributed by atoms with Gasteiger partial charge in [-0.3, -0.25) is 0 Å². The molecule has 0 fully saturated rings. The Morgan fingerprint density at radius 1 is 1.25 bits per heavy atom. The van der Waals surface area contributed by atoms with Crippen molar-refractivity contribution >= 4 is 12.6 Å². The first kappa shape index (κ1) is 9.97. The summed E-state index contributed by atoms with van der Waals surface area (Å²) >= 11 is 4.21. The molecule has 0 saturated carbocycles. The van der Waals surface area contributed by atoms with Crippen molar-refractivity contribution in [2.24, 2.45) is 0 Å². The van der Waals surface area contributed by atoms with Gasteiger partial charge < -0.3 is 4.98 Å². The van der Waals surface area contributed by atoms with Crippen LogP contribution in [0.15, 0.2) is 24.4 Å². The van der Waals surface area contributed by atoms with Crippen molar-refractivity contribution in [1.29, 1.82) is 0 Å². The number of aromatic nitrogens is 2. The first-order valence-electron chi connectivity index (χ1n) is 5.64. The molecule has 1 aromatic heterocycles. The third-order valence-electron chi connectivity index (χ3n) is 3.19. The number of nitrogens with zero attached hydrogens (tertiary/aromatic N) is 1. The van der Waals surface area contributed by atoms with Crippen molar-refractivity contribution < 1.29 is 0 Å². The summed E-state index contributed by atoms with van der Waals surface area (Å²) in [5.41, 5.74) is 5.34. The van der Waals surface area contributed by atoms with Gasteiger partial charge in [0.05, 0.1) is 11.9 Å². The van der Waals surface area contributed by atoms with Gasteiger partial charge in [-0.2, -0.15) is 12.6 Å². The van der Waals surface area contributed by atoms with Crippen LogP contribution >= 0.6 is 12.6 Å². The maximum atomic E-state index is 4.27. The topological polar surface area (TPSA) is 28.7 Å². The normalized spacial score (nSPS) is 14.1. The van der Waals surface area contributed by atoms with Gasteiger partial charge >= 0.3 is 0 Å². The van der Waals surface area contributed by atoms with E-state index in [4.69, 9.17) is 0 Å². The van der Waals surface area contributed by atoms with E-state index in [-0.39, 0.29) is 0 Å². The summed E-state index contributed by atoms with van der Waals surface area (Å²) in [7, 11) is 0. The van der Waals surface area contributed by atoms with E-state index in [1.54, 1.807) is 0 Å². The molecule has 3 rings (SSSR count). The van der Waals surface area contributed by atoms with Gasteiger partial charge in [0.1, 0.15) is 5.82 Å². The SMILES string of the molecule is SCc1ncc(-c2ccc3c(c2)CCC3)[nH]1. The van der Waals surface area contributed by atoms with E-state index in [1.165, 1.54) is 36.0 Å². The molecule has 1 aromatic carbocycles. The Labute approximate surface area is 101 Å². The van der Waals surface area contributed by atoms with Gasteiger partial charge in [0, 0.05) is 5.75 Å². The standard InChI is InChI=1S/C13H14N2S/c16-8-13-14-7-12(15-13)11-5-4-9-2-1-3-10(9)6-11/h4-7,16H,1-3,8H2,(H,14,15). The second-order valence-electron chi connectivity index (χ2n) is 4.24. The van der Waals surface area contributed by atoms with Crippen LogP contribution in [0, 0.1) is 0 Å². The van der Waals surface area contributed by atoms with Gasteiger partial charge in [0.25, 0.3) is 0 Å². The minimum Gasteiger partial charge on any atom is -0.341 e. The van der Waals surface area contributed by atoms with Crippen LogP contribution < -0.4 is 0 Å². The number of nitrogens with one attached hydrogen (secondary N) is 1. The first-order chi connectivity index (χ1) is 7.86. The second-order valence-corrected chi connectivity index (χ2v) is 4.55. The molecule has 0 spiro atoms.